The Balaban J connectivity index is 1.43. The first-order valence-corrected chi connectivity index (χ1v) is 12.6. The fourth-order valence-electron chi connectivity index (χ4n) is 4.26. The van der Waals surface area contributed by atoms with Crippen LogP contribution >= 0.6 is 0 Å². The molecule has 1 fully saturated rings. The summed E-state index contributed by atoms with van der Waals surface area (Å²) in [4.78, 5) is 16.3. The highest BCUT2D eigenvalue weighted by Gasteiger charge is 2.37. The van der Waals surface area contributed by atoms with E-state index in [1.807, 2.05) is 36.4 Å². The van der Waals surface area contributed by atoms with Crippen LogP contribution in [0.3, 0.4) is 0 Å². The summed E-state index contributed by atoms with van der Waals surface area (Å²) in [5.74, 6) is 0. The second-order valence-electron chi connectivity index (χ2n) is 8.31. The molecule has 172 valence electrons. The van der Waals surface area contributed by atoms with Crippen LogP contribution < -0.4 is 15.4 Å². The molecule has 1 heterocycles. The number of urea groups is 1. The molecule has 2 amide bonds. The Hall–Kier alpha value is -3.23. The molecule has 1 aliphatic carbocycles. The molecule has 0 bridgehead atoms. The quantitative estimate of drug-likeness (QED) is 0.478. The second-order valence-corrected chi connectivity index (χ2v) is 9.99. The Bertz CT molecular complexity index is 1160. The molecule has 8 heteroatoms. The number of nitrogens with one attached hydrogen (secondary N) is 3. The first-order chi connectivity index (χ1) is 16.0. The number of anilines is 1. The first-order valence-electron chi connectivity index (χ1n) is 11.1. The zero-order valence-electron chi connectivity index (χ0n) is 18.3. The molecule has 0 radical (unpaired) electrons. The van der Waals surface area contributed by atoms with Crippen molar-refractivity contribution in [2.24, 2.45) is 0 Å². The Morgan fingerprint density at radius 1 is 0.909 bits per heavy atom. The second kappa shape index (κ2) is 10.1. The van der Waals surface area contributed by atoms with Gasteiger partial charge in [0.25, 0.3) is 0 Å². The largest absolute Gasteiger partial charge is 0.334 e. The summed E-state index contributed by atoms with van der Waals surface area (Å²) in [5, 5.41) is 5.47. The van der Waals surface area contributed by atoms with Crippen molar-refractivity contribution in [2.45, 2.75) is 49.1 Å². The van der Waals surface area contributed by atoms with Gasteiger partial charge >= 0.3 is 6.03 Å². The molecule has 1 aromatic heterocycles. The van der Waals surface area contributed by atoms with E-state index in [0.717, 1.165) is 43.2 Å². The van der Waals surface area contributed by atoms with Crippen LogP contribution in [0.2, 0.25) is 0 Å². The predicted molar refractivity (Wildman–Crippen MR) is 128 cm³/mol. The maximum atomic E-state index is 13.3. The van der Waals surface area contributed by atoms with Crippen molar-refractivity contribution in [1.82, 2.24) is 15.0 Å². The average Bonchev–Trinajstić information content (AvgIpc) is 2.85. The molecule has 3 aromatic rings. The third-order valence-electron chi connectivity index (χ3n) is 5.96. The zero-order chi connectivity index (χ0) is 23.2. The highest BCUT2D eigenvalue weighted by atomic mass is 32.2. The highest BCUT2D eigenvalue weighted by molar-refractivity contribution is 7.89. The number of benzene rings is 2. The molecule has 7 nitrogen and oxygen atoms in total. The third kappa shape index (κ3) is 5.77. The van der Waals surface area contributed by atoms with Crippen molar-refractivity contribution in [3.63, 3.8) is 0 Å². The molecule has 33 heavy (non-hydrogen) atoms. The van der Waals surface area contributed by atoms with Crippen LogP contribution in [0.1, 0.15) is 43.2 Å². The smallest absolute Gasteiger partial charge is 0.319 e. The van der Waals surface area contributed by atoms with E-state index in [0.29, 0.717) is 12.2 Å². The molecule has 1 saturated carbocycles. The van der Waals surface area contributed by atoms with Crippen LogP contribution in [0.5, 0.6) is 0 Å². The molecule has 3 N–H and O–H groups in total. The van der Waals surface area contributed by atoms with Gasteiger partial charge in [-0.1, -0.05) is 55.7 Å². The lowest BCUT2D eigenvalue weighted by Crippen LogP contribution is -2.47. The first kappa shape index (κ1) is 22.9. The standard InChI is InChI=1S/C25H28N4O3S/c30-24(27-19-20-8-7-17-26-18-20)28-22-11-13-23(14-12-22)33(31,32)29-25(15-5-2-6-16-25)21-9-3-1-4-10-21/h1,3-4,7-14,17-18,29H,2,5-6,15-16,19H2,(H2,27,28,30). The minimum atomic E-state index is -3.74. The van der Waals surface area contributed by atoms with E-state index in [2.05, 4.69) is 20.3 Å². The summed E-state index contributed by atoms with van der Waals surface area (Å²) >= 11 is 0. The number of aromatic nitrogens is 1. The summed E-state index contributed by atoms with van der Waals surface area (Å²) in [6.45, 7) is 0.345. The maximum Gasteiger partial charge on any atom is 0.319 e. The molecule has 0 aliphatic heterocycles. The molecule has 0 unspecified atom stereocenters. The van der Waals surface area contributed by atoms with Gasteiger partial charge in [-0.25, -0.2) is 17.9 Å². The molecule has 4 rings (SSSR count). The topological polar surface area (TPSA) is 100 Å². The van der Waals surface area contributed by atoms with Gasteiger partial charge in [0, 0.05) is 24.6 Å². The molecule has 0 saturated heterocycles. The van der Waals surface area contributed by atoms with E-state index in [1.54, 1.807) is 30.6 Å². The van der Waals surface area contributed by atoms with Gasteiger partial charge in [-0.2, -0.15) is 0 Å². The van der Waals surface area contributed by atoms with Crippen molar-refractivity contribution < 1.29 is 13.2 Å². The van der Waals surface area contributed by atoms with Gasteiger partial charge in [0.15, 0.2) is 0 Å². The lowest BCUT2D eigenvalue weighted by atomic mass is 9.77. The number of carbonyl (C=O) groups excluding carboxylic acids is 1. The van der Waals surface area contributed by atoms with Crippen molar-refractivity contribution in [1.29, 1.82) is 0 Å². The van der Waals surface area contributed by atoms with E-state index in [-0.39, 0.29) is 10.9 Å². The van der Waals surface area contributed by atoms with E-state index in [4.69, 9.17) is 0 Å². The average molecular weight is 465 g/mol. The van der Waals surface area contributed by atoms with Crippen molar-refractivity contribution in [3.8, 4) is 0 Å². The van der Waals surface area contributed by atoms with Gasteiger partial charge in [0.1, 0.15) is 0 Å². The van der Waals surface area contributed by atoms with Crippen LogP contribution in [0.15, 0.2) is 84.0 Å². The Kier molecular flexibility index (Phi) is 7.05. The summed E-state index contributed by atoms with van der Waals surface area (Å²) in [6.07, 6.45) is 7.97. The van der Waals surface area contributed by atoms with E-state index in [9.17, 15) is 13.2 Å². The monoisotopic (exact) mass is 464 g/mol. The highest BCUT2D eigenvalue weighted by Crippen LogP contribution is 2.38. The summed E-state index contributed by atoms with van der Waals surface area (Å²) in [6, 6.07) is 19.3. The van der Waals surface area contributed by atoms with E-state index >= 15 is 0 Å². The number of rotatable bonds is 7. The minimum Gasteiger partial charge on any atom is -0.334 e. The van der Waals surface area contributed by atoms with Crippen molar-refractivity contribution in [2.75, 3.05) is 5.32 Å². The van der Waals surface area contributed by atoms with E-state index in [1.165, 1.54) is 12.1 Å². The summed E-state index contributed by atoms with van der Waals surface area (Å²) in [7, 11) is -3.74. The number of pyridine rings is 1. The minimum absolute atomic E-state index is 0.171. The van der Waals surface area contributed by atoms with Crippen LogP contribution in [0, 0.1) is 0 Å². The normalized spacial score (nSPS) is 15.5. The zero-order valence-corrected chi connectivity index (χ0v) is 19.1. The van der Waals surface area contributed by atoms with Crippen molar-refractivity contribution >= 4 is 21.7 Å². The van der Waals surface area contributed by atoms with Gasteiger partial charge < -0.3 is 10.6 Å². The molecule has 1 aliphatic rings. The van der Waals surface area contributed by atoms with Gasteiger partial charge in [0.05, 0.1) is 10.4 Å². The Morgan fingerprint density at radius 3 is 2.30 bits per heavy atom. The van der Waals surface area contributed by atoms with Gasteiger partial charge in [-0.3, -0.25) is 4.98 Å². The number of sulfonamides is 1. The number of carbonyl (C=O) groups is 1. The van der Waals surface area contributed by atoms with E-state index < -0.39 is 15.6 Å². The Labute approximate surface area is 194 Å². The van der Waals surface area contributed by atoms with Gasteiger partial charge in [-0.15, -0.1) is 0 Å². The van der Waals surface area contributed by atoms with Crippen LogP contribution in [-0.4, -0.2) is 19.4 Å². The molecule has 2 aromatic carbocycles. The molecular formula is C25H28N4O3S. The lowest BCUT2D eigenvalue weighted by Gasteiger charge is -2.38. The van der Waals surface area contributed by atoms with Crippen LogP contribution in [0.25, 0.3) is 0 Å². The number of hydrogen-bond donors (Lipinski definition) is 3. The molecular weight excluding hydrogens is 436 g/mol. The van der Waals surface area contributed by atoms with Gasteiger partial charge in [-0.05, 0) is 54.3 Å². The number of hydrogen-bond acceptors (Lipinski definition) is 4. The van der Waals surface area contributed by atoms with Crippen molar-refractivity contribution in [3.05, 3.63) is 90.3 Å². The van der Waals surface area contributed by atoms with Crippen LogP contribution in [-0.2, 0) is 22.1 Å². The predicted octanol–water partition coefficient (Wildman–Crippen LogP) is 4.54. The van der Waals surface area contributed by atoms with Crippen LogP contribution in [0.4, 0.5) is 10.5 Å². The summed E-state index contributed by atoms with van der Waals surface area (Å²) < 4.78 is 29.5. The third-order valence-corrected chi connectivity index (χ3v) is 7.51. The fourth-order valence-corrected chi connectivity index (χ4v) is 5.70. The fraction of sp³-hybridized carbons (Fsp3) is 0.280. The lowest BCUT2D eigenvalue weighted by molar-refractivity contribution is 0.251. The maximum absolute atomic E-state index is 13.3. The summed E-state index contributed by atoms with van der Waals surface area (Å²) in [5.41, 5.74) is 1.79. The SMILES string of the molecule is O=C(NCc1cccnc1)Nc1ccc(S(=O)(=O)NC2(c3ccccc3)CCCCC2)cc1. The number of nitrogens with zero attached hydrogens (tertiary/aromatic N) is 1. The Morgan fingerprint density at radius 2 is 1.64 bits per heavy atom. The molecule has 0 spiro atoms. The number of amides is 2. The van der Waals surface area contributed by atoms with Gasteiger partial charge in [0.2, 0.25) is 10.0 Å². The molecule has 0 atom stereocenters.